The summed E-state index contributed by atoms with van der Waals surface area (Å²) < 4.78 is 0. The molecule has 1 N–H and O–H groups in total. The third kappa shape index (κ3) is 2.91. The van der Waals surface area contributed by atoms with E-state index in [1.165, 1.54) is 4.90 Å². The molecule has 0 saturated heterocycles. The number of aliphatic hydroxyl groups is 1. The highest BCUT2D eigenvalue weighted by Gasteiger charge is 2.42. The number of imide groups is 1. The van der Waals surface area contributed by atoms with Crippen LogP contribution in [0.1, 0.15) is 16.7 Å². The van der Waals surface area contributed by atoms with Gasteiger partial charge in [0.05, 0.1) is 17.9 Å². The number of aryl methyl sites for hydroxylation is 1. The van der Waals surface area contributed by atoms with Crippen LogP contribution in [-0.2, 0) is 9.59 Å². The van der Waals surface area contributed by atoms with Crippen LogP contribution in [0.25, 0.3) is 5.57 Å². The maximum atomic E-state index is 13.3. The van der Waals surface area contributed by atoms with E-state index in [0.717, 1.165) is 11.1 Å². The molecule has 0 aliphatic carbocycles. The van der Waals surface area contributed by atoms with E-state index in [0.29, 0.717) is 22.5 Å². The van der Waals surface area contributed by atoms with Crippen molar-refractivity contribution in [2.24, 2.45) is 0 Å². The predicted octanol–water partition coefficient (Wildman–Crippen LogP) is 2.51. The molecule has 0 spiro atoms. The van der Waals surface area contributed by atoms with Gasteiger partial charge in [-0.25, -0.2) is 4.90 Å². The zero-order valence-electron chi connectivity index (χ0n) is 15.2. The third-order valence-corrected chi connectivity index (χ3v) is 4.76. The molecule has 0 bridgehead atoms. The monoisotopic (exact) mass is 350 g/mol. The van der Waals surface area contributed by atoms with Crippen LogP contribution in [0.5, 0.6) is 0 Å². The first kappa shape index (κ1) is 17.9. The van der Waals surface area contributed by atoms with Gasteiger partial charge in [-0.05, 0) is 36.6 Å². The van der Waals surface area contributed by atoms with Gasteiger partial charge in [0.1, 0.15) is 5.70 Å². The normalized spacial score (nSPS) is 14.4. The molecule has 5 heteroatoms. The number of rotatable bonds is 5. The first-order chi connectivity index (χ1) is 12.5. The lowest BCUT2D eigenvalue weighted by molar-refractivity contribution is -0.120. The molecule has 134 valence electrons. The second-order valence-corrected chi connectivity index (χ2v) is 6.40. The Balaban J connectivity index is 2.16. The summed E-state index contributed by atoms with van der Waals surface area (Å²) >= 11 is 0. The molecule has 0 fully saturated rings. The quantitative estimate of drug-likeness (QED) is 0.842. The lowest BCUT2D eigenvalue weighted by atomic mass is 10.0. The van der Waals surface area contributed by atoms with Gasteiger partial charge in [0, 0.05) is 13.6 Å². The minimum absolute atomic E-state index is 0.104. The number of aliphatic hydroxyl groups excluding tert-OH is 1. The number of likely N-dealkylation sites (N-methyl/N-ethyl adjacent to an activating group) is 1. The van der Waals surface area contributed by atoms with Gasteiger partial charge in [0.25, 0.3) is 11.8 Å². The SMILES string of the molecule is Cc1cccc(N2C(=O)C(c3ccccc3)=C(N(C)CCO)C2=O)c1C. The Morgan fingerprint density at radius 3 is 2.31 bits per heavy atom. The third-order valence-electron chi connectivity index (χ3n) is 4.76. The minimum atomic E-state index is -0.362. The van der Waals surface area contributed by atoms with Crippen molar-refractivity contribution in [2.45, 2.75) is 13.8 Å². The first-order valence-corrected chi connectivity index (χ1v) is 8.54. The number of anilines is 1. The summed E-state index contributed by atoms with van der Waals surface area (Å²) in [5.41, 5.74) is 3.89. The molecule has 0 atom stereocenters. The van der Waals surface area contributed by atoms with Gasteiger partial charge in [-0.2, -0.15) is 0 Å². The lowest BCUT2D eigenvalue weighted by Crippen LogP contribution is -2.35. The van der Waals surface area contributed by atoms with Gasteiger partial charge in [-0.1, -0.05) is 42.5 Å². The maximum absolute atomic E-state index is 13.3. The van der Waals surface area contributed by atoms with Crippen molar-refractivity contribution in [3.63, 3.8) is 0 Å². The molecule has 1 aliphatic heterocycles. The number of amides is 2. The zero-order chi connectivity index (χ0) is 18.8. The van der Waals surface area contributed by atoms with Gasteiger partial charge < -0.3 is 10.0 Å². The smallest absolute Gasteiger partial charge is 0.282 e. The Hall–Kier alpha value is -2.92. The van der Waals surface area contributed by atoms with Crippen LogP contribution in [0.4, 0.5) is 5.69 Å². The number of nitrogens with zero attached hydrogens (tertiary/aromatic N) is 2. The van der Waals surface area contributed by atoms with Gasteiger partial charge in [-0.3, -0.25) is 9.59 Å². The summed E-state index contributed by atoms with van der Waals surface area (Å²) in [4.78, 5) is 29.4. The lowest BCUT2D eigenvalue weighted by Gasteiger charge is -2.21. The van der Waals surface area contributed by atoms with Crippen LogP contribution < -0.4 is 4.90 Å². The van der Waals surface area contributed by atoms with Crippen LogP contribution >= 0.6 is 0 Å². The number of carbonyl (C=O) groups is 2. The summed E-state index contributed by atoms with van der Waals surface area (Å²) in [6.45, 7) is 4.02. The molecule has 26 heavy (non-hydrogen) atoms. The van der Waals surface area contributed by atoms with E-state index in [9.17, 15) is 14.7 Å². The fourth-order valence-corrected chi connectivity index (χ4v) is 3.20. The largest absolute Gasteiger partial charge is 0.395 e. The summed E-state index contributed by atoms with van der Waals surface area (Å²) in [6, 6.07) is 14.8. The van der Waals surface area contributed by atoms with Crippen LogP contribution in [0.2, 0.25) is 0 Å². The molecule has 2 aromatic carbocycles. The van der Waals surface area contributed by atoms with E-state index < -0.39 is 0 Å². The summed E-state index contributed by atoms with van der Waals surface area (Å²) in [6.07, 6.45) is 0. The topological polar surface area (TPSA) is 60.9 Å². The van der Waals surface area contributed by atoms with Crippen molar-refractivity contribution in [3.8, 4) is 0 Å². The number of carbonyl (C=O) groups excluding carboxylic acids is 2. The van der Waals surface area contributed by atoms with Crippen molar-refractivity contribution in [2.75, 3.05) is 25.1 Å². The Kier molecular flexibility index (Phi) is 4.91. The molecule has 0 aromatic heterocycles. The first-order valence-electron chi connectivity index (χ1n) is 8.54. The number of hydrogen-bond donors (Lipinski definition) is 1. The highest BCUT2D eigenvalue weighted by molar-refractivity contribution is 6.45. The maximum Gasteiger partial charge on any atom is 0.282 e. The van der Waals surface area contributed by atoms with Crippen molar-refractivity contribution in [3.05, 3.63) is 70.9 Å². The van der Waals surface area contributed by atoms with Gasteiger partial charge in [0.2, 0.25) is 0 Å². The molecule has 0 saturated carbocycles. The van der Waals surface area contributed by atoms with Gasteiger partial charge in [-0.15, -0.1) is 0 Å². The highest BCUT2D eigenvalue weighted by Crippen LogP contribution is 2.36. The van der Waals surface area contributed by atoms with Crippen molar-refractivity contribution >= 4 is 23.1 Å². The molecule has 0 unspecified atom stereocenters. The minimum Gasteiger partial charge on any atom is -0.395 e. The molecule has 1 aliphatic rings. The van der Waals surface area contributed by atoms with E-state index in [4.69, 9.17) is 0 Å². The van der Waals surface area contributed by atoms with Crippen molar-refractivity contribution in [1.29, 1.82) is 0 Å². The summed E-state index contributed by atoms with van der Waals surface area (Å²) in [5, 5.41) is 9.30. The highest BCUT2D eigenvalue weighted by atomic mass is 16.3. The molecular weight excluding hydrogens is 328 g/mol. The molecular formula is C21H22N2O3. The number of benzene rings is 2. The van der Waals surface area contributed by atoms with E-state index in [-0.39, 0.29) is 25.0 Å². The van der Waals surface area contributed by atoms with Crippen LogP contribution in [0.3, 0.4) is 0 Å². The van der Waals surface area contributed by atoms with Crippen LogP contribution in [0.15, 0.2) is 54.2 Å². The molecule has 2 aromatic rings. The molecule has 2 amide bonds. The Labute approximate surface area is 153 Å². The average Bonchev–Trinajstić information content (AvgIpc) is 2.89. The van der Waals surface area contributed by atoms with E-state index in [1.807, 2.05) is 56.3 Å². The van der Waals surface area contributed by atoms with E-state index in [1.54, 1.807) is 18.0 Å². The standard InChI is InChI=1S/C21H22N2O3/c1-14-8-7-11-17(15(14)2)23-20(25)18(16-9-5-4-6-10-16)19(21(23)26)22(3)12-13-24/h4-11,24H,12-13H2,1-3H3. The molecule has 0 radical (unpaired) electrons. The van der Waals surface area contributed by atoms with E-state index in [2.05, 4.69) is 0 Å². The van der Waals surface area contributed by atoms with E-state index >= 15 is 0 Å². The molecule has 3 rings (SSSR count). The Morgan fingerprint density at radius 2 is 1.65 bits per heavy atom. The second-order valence-electron chi connectivity index (χ2n) is 6.40. The Morgan fingerprint density at radius 1 is 0.962 bits per heavy atom. The van der Waals surface area contributed by atoms with Crippen LogP contribution in [-0.4, -0.2) is 42.0 Å². The Bertz CT molecular complexity index is 887. The average molecular weight is 350 g/mol. The fraction of sp³-hybridized carbons (Fsp3) is 0.238. The zero-order valence-corrected chi connectivity index (χ0v) is 15.2. The summed E-state index contributed by atoms with van der Waals surface area (Å²) in [5.74, 6) is -0.701. The van der Waals surface area contributed by atoms with Gasteiger partial charge in [0.15, 0.2) is 0 Å². The van der Waals surface area contributed by atoms with Crippen molar-refractivity contribution < 1.29 is 14.7 Å². The summed E-state index contributed by atoms with van der Waals surface area (Å²) in [7, 11) is 1.71. The molecule has 5 nitrogen and oxygen atoms in total. The van der Waals surface area contributed by atoms with Crippen molar-refractivity contribution in [1.82, 2.24) is 4.90 Å². The fourth-order valence-electron chi connectivity index (χ4n) is 3.20. The van der Waals surface area contributed by atoms with Crippen LogP contribution in [0, 0.1) is 13.8 Å². The predicted molar refractivity (Wildman–Crippen MR) is 101 cm³/mol. The number of hydrogen-bond acceptors (Lipinski definition) is 4. The molecule has 1 heterocycles. The van der Waals surface area contributed by atoms with Gasteiger partial charge >= 0.3 is 0 Å². The second kappa shape index (κ2) is 7.14.